The number of nitrogens with two attached hydrogens (primary N) is 1. The Hall–Kier alpha value is -2.59. The van der Waals surface area contributed by atoms with E-state index in [4.69, 9.17) is 15.2 Å². The molecule has 1 aromatic rings. The highest BCUT2D eigenvalue weighted by atomic mass is 31.2. The molecule has 21 heteroatoms. The Morgan fingerprint density at radius 2 is 2.00 bits per heavy atom. The van der Waals surface area contributed by atoms with Gasteiger partial charge in [0.2, 0.25) is 5.91 Å². The molecule has 0 spiro atoms. The first-order valence-electron chi connectivity index (χ1n) is 11.9. The normalized spacial score (nSPS) is 34.9. The second-order valence-corrected chi connectivity index (χ2v) is 10.6. The fraction of sp³-hybridized carbons (Fsp3) is 0.700. The number of aliphatic hydroxyl groups excluding tert-OH is 6. The van der Waals surface area contributed by atoms with Gasteiger partial charge in [-0.05, 0) is 6.07 Å². The number of phosphoric acid groups is 1. The molecule has 0 aliphatic carbocycles. The van der Waals surface area contributed by atoms with E-state index in [0.29, 0.717) is 0 Å². The number of aliphatic hydroxyl groups is 6. The number of aliphatic carboxylic acids is 1. The van der Waals surface area contributed by atoms with E-state index in [1.54, 1.807) is 0 Å². The number of nitrogens with one attached hydrogen (secondary N) is 1. The van der Waals surface area contributed by atoms with Crippen molar-refractivity contribution in [1.29, 1.82) is 0 Å². The van der Waals surface area contributed by atoms with Gasteiger partial charge < -0.3 is 65.7 Å². The van der Waals surface area contributed by atoms with Crippen molar-refractivity contribution in [1.82, 2.24) is 14.9 Å². The molecule has 2 aliphatic heterocycles. The van der Waals surface area contributed by atoms with Crippen LogP contribution in [0.1, 0.15) is 19.6 Å². The third kappa shape index (κ3) is 7.25. The van der Waals surface area contributed by atoms with Gasteiger partial charge in [0.1, 0.15) is 42.4 Å². The highest BCUT2D eigenvalue weighted by Crippen LogP contribution is 2.48. The molecule has 2 aliphatic rings. The molecule has 11 atom stereocenters. The summed E-state index contributed by atoms with van der Waals surface area (Å²) in [6.07, 6.45) is -14.9. The number of amides is 1. The summed E-state index contributed by atoms with van der Waals surface area (Å²) >= 11 is 0. The van der Waals surface area contributed by atoms with Crippen molar-refractivity contribution < 1.29 is 73.3 Å². The molecule has 41 heavy (non-hydrogen) atoms. The molecule has 2 fully saturated rings. The smallest absolute Gasteiger partial charge is 0.364 e. The second-order valence-electron chi connectivity index (χ2n) is 9.30. The van der Waals surface area contributed by atoms with Gasteiger partial charge in [-0.25, -0.2) is 9.59 Å². The molecule has 1 aromatic heterocycles. The molecule has 10 N–H and O–H groups in total. The molecular weight excluding hydrogens is 583 g/mol. The zero-order valence-electron chi connectivity index (χ0n) is 21.2. The van der Waals surface area contributed by atoms with Crippen LogP contribution in [0.3, 0.4) is 0 Å². The maximum Gasteiger partial charge on any atom is 0.364 e. The van der Waals surface area contributed by atoms with Crippen LogP contribution in [0.4, 0.5) is 5.82 Å². The Balaban J connectivity index is 1.79. The minimum atomic E-state index is -5.77. The quantitative estimate of drug-likeness (QED) is 0.105. The number of carbonyl (C=O) groups excluding carboxylic acids is 1. The van der Waals surface area contributed by atoms with Crippen LogP contribution >= 0.6 is 7.82 Å². The lowest BCUT2D eigenvalue weighted by atomic mass is 9.88. The van der Waals surface area contributed by atoms with Gasteiger partial charge >= 0.3 is 11.7 Å². The fourth-order valence-corrected chi connectivity index (χ4v) is 5.25. The Kier molecular flexibility index (Phi) is 10.2. The summed E-state index contributed by atoms with van der Waals surface area (Å²) in [7, 11) is -5.77. The summed E-state index contributed by atoms with van der Waals surface area (Å²) in [5.74, 6) is -6.32. The molecule has 232 valence electrons. The Morgan fingerprint density at radius 3 is 2.56 bits per heavy atom. The van der Waals surface area contributed by atoms with Crippen LogP contribution in [-0.4, -0.2) is 125 Å². The van der Waals surface area contributed by atoms with Gasteiger partial charge in [0, 0.05) is 19.5 Å². The zero-order valence-corrected chi connectivity index (χ0v) is 22.1. The van der Waals surface area contributed by atoms with Crippen LogP contribution in [0.25, 0.3) is 0 Å². The Morgan fingerprint density at radius 1 is 1.34 bits per heavy atom. The first kappa shape index (κ1) is 32.9. The first-order valence-corrected chi connectivity index (χ1v) is 13.3. The predicted octanol–water partition coefficient (Wildman–Crippen LogP) is -5.90. The maximum atomic E-state index is 12.7. The zero-order chi connectivity index (χ0) is 30.9. The van der Waals surface area contributed by atoms with Crippen molar-refractivity contribution in [3.8, 4) is 0 Å². The summed E-state index contributed by atoms with van der Waals surface area (Å²) in [6.45, 7) is -1.13. The highest BCUT2D eigenvalue weighted by Gasteiger charge is 2.57. The molecule has 2 saturated heterocycles. The monoisotopic (exact) mass is 613 g/mol. The molecule has 0 aromatic carbocycles. The van der Waals surface area contributed by atoms with E-state index in [0.717, 1.165) is 17.7 Å². The molecule has 3 heterocycles. The van der Waals surface area contributed by atoms with Crippen molar-refractivity contribution in [3.63, 3.8) is 0 Å². The van der Waals surface area contributed by atoms with E-state index in [1.165, 1.54) is 6.07 Å². The number of carboxylic acids is 1. The number of carbonyl (C=O) groups is 2. The van der Waals surface area contributed by atoms with Crippen molar-refractivity contribution in [2.45, 2.75) is 74.1 Å². The second kappa shape index (κ2) is 12.7. The molecule has 4 unspecified atom stereocenters. The number of phosphoric ester groups is 1. The number of aromatic nitrogens is 2. The lowest BCUT2D eigenvalue weighted by molar-refractivity contribution is -0.313. The van der Waals surface area contributed by atoms with Gasteiger partial charge in [-0.1, -0.05) is 0 Å². The van der Waals surface area contributed by atoms with E-state index in [9.17, 15) is 59.6 Å². The number of carboxylic acid groups (broad SMARTS) is 1. The summed E-state index contributed by atoms with van der Waals surface area (Å²) in [4.78, 5) is 51.9. The lowest BCUT2D eigenvalue weighted by Crippen LogP contribution is -2.67. The van der Waals surface area contributed by atoms with Crippen molar-refractivity contribution in [2.24, 2.45) is 0 Å². The van der Waals surface area contributed by atoms with Crippen molar-refractivity contribution >= 4 is 25.5 Å². The Labute approximate surface area is 230 Å². The number of rotatable bonds is 11. The van der Waals surface area contributed by atoms with E-state index >= 15 is 0 Å². The van der Waals surface area contributed by atoms with Gasteiger partial charge in [0.25, 0.3) is 13.6 Å². The molecule has 3 rings (SSSR count). The largest absolute Gasteiger partial charge is 0.756 e. The number of hydrogen-bond acceptors (Lipinski definition) is 17. The third-order valence-corrected chi connectivity index (χ3v) is 7.29. The molecule has 20 nitrogen and oxygen atoms in total. The van der Waals surface area contributed by atoms with Crippen LogP contribution in [-0.2, 0) is 32.7 Å². The maximum absolute atomic E-state index is 12.7. The minimum Gasteiger partial charge on any atom is -0.756 e. The third-order valence-electron chi connectivity index (χ3n) is 6.31. The van der Waals surface area contributed by atoms with Crippen LogP contribution in [0.5, 0.6) is 0 Å². The number of hydrogen-bond donors (Lipinski definition) is 9. The summed E-state index contributed by atoms with van der Waals surface area (Å²) in [5, 5.41) is 72.5. The molecule has 0 saturated carbocycles. The minimum absolute atomic E-state index is 0.143. The van der Waals surface area contributed by atoms with Crippen LogP contribution in [0.2, 0.25) is 0 Å². The van der Waals surface area contributed by atoms with Gasteiger partial charge in [-0.2, -0.15) is 4.98 Å². The van der Waals surface area contributed by atoms with Crippen molar-refractivity contribution in [2.75, 3.05) is 18.9 Å². The highest BCUT2D eigenvalue weighted by molar-refractivity contribution is 7.45. The molecule has 1 amide bonds. The van der Waals surface area contributed by atoms with Crippen molar-refractivity contribution in [3.05, 3.63) is 22.7 Å². The number of nitrogen functional groups attached to an aromatic ring is 1. The average Bonchev–Trinajstić information content (AvgIpc) is 3.16. The summed E-state index contributed by atoms with van der Waals surface area (Å²) in [5.41, 5.74) is 4.44. The molecule has 0 radical (unpaired) electrons. The number of nitrogens with zero attached hydrogens (tertiary/aromatic N) is 2. The van der Waals surface area contributed by atoms with E-state index in [1.807, 2.05) is 0 Å². The lowest BCUT2D eigenvalue weighted by Gasteiger charge is -2.47. The number of anilines is 1. The van der Waals surface area contributed by atoms with Crippen LogP contribution in [0, 0.1) is 0 Å². The van der Waals surface area contributed by atoms with E-state index in [2.05, 4.69) is 19.3 Å². The van der Waals surface area contributed by atoms with Gasteiger partial charge in [-0.15, -0.1) is 0 Å². The average molecular weight is 613 g/mol. The number of ether oxygens (including phenoxy) is 2. The summed E-state index contributed by atoms with van der Waals surface area (Å²) < 4.78 is 33.3. The SMILES string of the molecule is CC(=O)N[C@@H]1C(O)CC(OP(=O)([O-])OC[C@H]2O[C@@H](n3ccc(N)nc3=O)[C@@H](O)[C@H]2O)(C(=O)O)OC1[C@H](O)[C@H](O)CO. The van der Waals surface area contributed by atoms with E-state index in [-0.39, 0.29) is 5.82 Å². The standard InChI is InChI=1S/C20H31N4O16P/c1-7(26)22-12-8(27)4-20(18(32)33,39-16(12)13(29)9(28)5-25)40-41(35,36)37-6-10-14(30)15(31)17(38-10)24-3-2-11(21)23-19(24)34/h2-3,8-10,12-17,25,27-31H,4-6H2,1H3,(H,22,26)(H,32,33)(H,35,36)(H2,21,23,34)/p-1/t8?,9-,10-,12-,13-,14+,15+,16?,17-,20?/m1/s1. The molecule has 0 bridgehead atoms. The fourth-order valence-electron chi connectivity index (χ4n) is 4.31. The topological polar surface area (TPSA) is 326 Å². The van der Waals surface area contributed by atoms with E-state index < -0.39 is 106 Å². The Bertz CT molecular complexity index is 1220. The van der Waals surface area contributed by atoms with Crippen LogP contribution < -0.4 is 21.6 Å². The van der Waals surface area contributed by atoms with Gasteiger partial charge in [0.15, 0.2) is 6.23 Å². The predicted molar refractivity (Wildman–Crippen MR) is 126 cm³/mol. The summed E-state index contributed by atoms with van der Waals surface area (Å²) in [6, 6.07) is -0.393. The van der Waals surface area contributed by atoms with Gasteiger partial charge in [-0.3, -0.25) is 18.5 Å². The first-order chi connectivity index (χ1) is 19.0. The van der Waals surface area contributed by atoms with Gasteiger partial charge in [0.05, 0.1) is 25.4 Å². The van der Waals surface area contributed by atoms with Crippen LogP contribution in [0.15, 0.2) is 17.1 Å². The molecular formula is C20H30N4O16P-.